The van der Waals surface area contributed by atoms with Crippen molar-refractivity contribution in [2.75, 3.05) is 5.75 Å². The van der Waals surface area contributed by atoms with Crippen LogP contribution in [-0.2, 0) is 11.2 Å². The van der Waals surface area contributed by atoms with E-state index in [-0.39, 0.29) is 4.75 Å². The van der Waals surface area contributed by atoms with Gasteiger partial charge in [-0.3, -0.25) is 0 Å². The number of nitriles is 1. The molecule has 4 aromatic carbocycles. The van der Waals surface area contributed by atoms with Crippen LogP contribution in [0.25, 0.3) is 0 Å². The highest BCUT2D eigenvalue weighted by molar-refractivity contribution is 8.00. The molecule has 146 valence electrons. The lowest BCUT2D eigenvalue weighted by molar-refractivity contribution is 0.891. The van der Waals surface area contributed by atoms with Crippen molar-refractivity contribution < 1.29 is 0 Å². The summed E-state index contributed by atoms with van der Waals surface area (Å²) < 4.78 is -0.295. The van der Waals surface area contributed by atoms with Crippen molar-refractivity contribution in [1.29, 1.82) is 5.26 Å². The van der Waals surface area contributed by atoms with E-state index in [1.54, 1.807) is 0 Å². The van der Waals surface area contributed by atoms with E-state index in [0.29, 0.717) is 0 Å². The second-order valence-corrected chi connectivity index (χ2v) is 8.50. The Morgan fingerprint density at radius 1 is 0.633 bits per heavy atom. The van der Waals surface area contributed by atoms with Crippen molar-refractivity contribution in [2.24, 2.45) is 0 Å². The molecule has 0 bridgehead atoms. The Labute approximate surface area is 183 Å². The first kappa shape index (κ1) is 20.0. The lowest BCUT2D eigenvalue weighted by atomic mass is 9.84. The molecule has 0 aromatic heterocycles. The predicted octanol–water partition coefficient (Wildman–Crippen LogP) is 6.83. The minimum Gasteiger partial charge on any atom is -0.192 e. The summed E-state index contributed by atoms with van der Waals surface area (Å²) in [6.07, 6.45) is 0.911. The minimum absolute atomic E-state index is 0.295. The smallest absolute Gasteiger partial charge is 0.0991 e. The van der Waals surface area contributed by atoms with Gasteiger partial charge in [-0.15, -0.1) is 11.8 Å². The van der Waals surface area contributed by atoms with Gasteiger partial charge in [0, 0.05) is 0 Å². The topological polar surface area (TPSA) is 23.8 Å². The lowest BCUT2D eigenvalue weighted by Gasteiger charge is -2.35. The molecular formula is C28H23NS. The number of nitrogens with zero attached hydrogens (tertiary/aromatic N) is 1. The number of hydrogen-bond donors (Lipinski definition) is 0. The summed E-state index contributed by atoms with van der Waals surface area (Å²) in [4.78, 5) is 0. The van der Waals surface area contributed by atoms with Gasteiger partial charge >= 0.3 is 0 Å². The van der Waals surface area contributed by atoms with Crippen LogP contribution in [0.5, 0.6) is 0 Å². The van der Waals surface area contributed by atoms with E-state index in [2.05, 4.69) is 103 Å². The maximum Gasteiger partial charge on any atom is 0.0991 e. The molecule has 2 heteroatoms. The average Bonchev–Trinajstić information content (AvgIpc) is 2.84. The molecule has 0 unspecified atom stereocenters. The van der Waals surface area contributed by atoms with Crippen LogP contribution in [0.15, 0.2) is 115 Å². The molecule has 0 N–H and O–H groups in total. The van der Waals surface area contributed by atoms with Crippen molar-refractivity contribution >= 4 is 11.8 Å². The molecule has 0 amide bonds. The average molecular weight is 406 g/mol. The molecule has 4 rings (SSSR count). The SMILES string of the molecule is N#Cc1cccc(CCSC(c2ccccc2)(c2ccccc2)c2ccccc2)c1. The van der Waals surface area contributed by atoms with E-state index < -0.39 is 0 Å². The molecule has 0 saturated carbocycles. The second kappa shape index (κ2) is 9.48. The van der Waals surface area contributed by atoms with E-state index in [1.807, 2.05) is 30.0 Å². The predicted molar refractivity (Wildman–Crippen MR) is 127 cm³/mol. The van der Waals surface area contributed by atoms with Crippen LogP contribution in [0.3, 0.4) is 0 Å². The normalized spacial score (nSPS) is 11.0. The minimum atomic E-state index is -0.295. The highest BCUT2D eigenvalue weighted by atomic mass is 32.2. The maximum absolute atomic E-state index is 9.21. The molecule has 0 saturated heterocycles. The van der Waals surface area contributed by atoms with Crippen molar-refractivity contribution in [3.63, 3.8) is 0 Å². The Kier molecular flexibility index (Phi) is 6.32. The molecular weight excluding hydrogens is 382 g/mol. The maximum atomic E-state index is 9.21. The van der Waals surface area contributed by atoms with E-state index in [0.717, 1.165) is 17.7 Å². The number of benzene rings is 4. The summed E-state index contributed by atoms with van der Waals surface area (Å²) in [6, 6.07) is 42.5. The fraction of sp³-hybridized carbons (Fsp3) is 0.107. The van der Waals surface area contributed by atoms with E-state index >= 15 is 0 Å². The van der Waals surface area contributed by atoms with Gasteiger partial charge in [-0.1, -0.05) is 103 Å². The summed E-state index contributed by atoms with van der Waals surface area (Å²) in [5.74, 6) is 0.938. The summed E-state index contributed by atoms with van der Waals surface area (Å²) in [7, 11) is 0. The Bertz CT molecular complexity index is 1020. The van der Waals surface area contributed by atoms with Crippen LogP contribution in [0.1, 0.15) is 27.8 Å². The molecule has 0 aliphatic rings. The van der Waals surface area contributed by atoms with Gasteiger partial charge in [0.2, 0.25) is 0 Å². The number of hydrogen-bond acceptors (Lipinski definition) is 2. The Hall–Kier alpha value is -3.28. The van der Waals surface area contributed by atoms with Gasteiger partial charge in [-0.25, -0.2) is 0 Å². The molecule has 1 nitrogen and oxygen atoms in total. The van der Waals surface area contributed by atoms with E-state index in [9.17, 15) is 5.26 Å². The van der Waals surface area contributed by atoms with Crippen molar-refractivity contribution in [3.8, 4) is 6.07 Å². The summed E-state index contributed by atoms with van der Waals surface area (Å²) in [6.45, 7) is 0. The third kappa shape index (κ3) is 4.17. The van der Waals surface area contributed by atoms with E-state index in [4.69, 9.17) is 0 Å². The molecule has 0 aliphatic carbocycles. The third-order valence-electron chi connectivity index (χ3n) is 5.31. The Balaban J connectivity index is 1.76. The number of aryl methyl sites for hydroxylation is 1. The van der Waals surface area contributed by atoms with Gasteiger partial charge in [0.1, 0.15) is 0 Å². The van der Waals surface area contributed by atoms with Crippen LogP contribution < -0.4 is 0 Å². The highest BCUT2D eigenvalue weighted by Gasteiger charge is 2.36. The third-order valence-corrected chi connectivity index (χ3v) is 6.85. The van der Waals surface area contributed by atoms with Crippen molar-refractivity contribution in [3.05, 3.63) is 143 Å². The molecule has 0 spiro atoms. The van der Waals surface area contributed by atoms with Crippen LogP contribution >= 0.6 is 11.8 Å². The zero-order valence-corrected chi connectivity index (χ0v) is 17.6. The van der Waals surface area contributed by atoms with Gasteiger partial charge in [-0.2, -0.15) is 5.26 Å². The summed E-state index contributed by atoms with van der Waals surface area (Å²) in [5.41, 5.74) is 5.75. The fourth-order valence-electron chi connectivity index (χ4n) is 3.89. The quantitative estimate of drug-likeness (QED) is 0.315. The molecule has 4 aromatic rings. The Morgan fingerprint density at radius 3 is 1.60 bits per heavy atom. The zero-order valence-electron chi connectivity index (χ0n) is 16.7. The monoisotopic (exact) mass is 405 g/mol. The molecule has 0 heterocycles. The first-order chi connectivity index (χ1) is 14.8. The largest absolute Gasteiger partial charge is 0.192 e. The molecule has 0 radical (unpaired) electrons. The molecule has 0 fully saturated rings. The van der Waals surface area contributed by atoms with Gasteiger partial charge < -0.3 is 0 Å². The number of rotatable bonds is 7. The zero-order chi connectivity index (χ0) is 20.7. The standard InChI is InChI=1S/C28H23NS/c29-22-24-12-10-11-23(21-24)19-20-30-28(25-13-4-1-5-14-25,26-15-6-2-7-16-26)27-17-8-3-9-18-27/h1-18,21H,19-20H2. The van der Waals surface area contributed by atoms with Gasteiger partial charge in [0.25, 0.3) is 0 Å². The fourth-order valence-corrected chi connectivity index (χ4v) is 5.44. The van der Waals surface area contributed by atoms with Crippen molar-refractivity contribution in [2.45, 2.75) is 11.2 Å². The summed E-state index contributed by atoms with van der Waals surface area (Å²) in [5, 5.41) is 9.21. The van der Waals surface area contributed by atoms with Gasteiger partial charge in [0.15, 0.2) is 0 Å². The molecule has 0 aliphatic heterocycles. The van der Waals surface area contributed by atoms with Gasteiger partial charge in [0.05, 0.1) is 16.4 Å². The van der Waals surface area contributed by atoms with Crippen LogP contribution in [0, 0.1) is 11.3 Å². The van der Waals surface area contributed by atoms with E-state index in [1.165, 1.54) is 22.3 Å². The first-order valence-corrected chi connectivity index (χ1v) is 11.1. The Morgan fingerprint density at radius 2 is 1.13 bits per heavy atom. The number of thioether (sulfide) groups is 1. The second-order valence-electron chi connectivity index (χ2n) is 7.19. The van der Waals surface area contributed by atoms with Crippen molar-refractivity contribution in [1.82, 2.24) is 0 Å². The highest BCUT2D eigenvalue weighted by Crippen LogP contribution is 2.48. The van der Waals surface area contributed by atoms with Crippen LogP contribution in [0.4, 0.5) is 0 Å². The van der Waals surface area contributed by atoms with Crippen LogP contribution in [0.2, 0.25) is 0 Å². The molecule has 30 heavy (non-hydrogen) atoms. The van der Waals surface area contributed by atoms with Gasteiger partial charge in [-0.05, 0) is 46.6 Å². The summed E-state index contributed by atoms with van der Waals surface area (Å²) >= 11 is 1.95. The first-order valence-electron chi connectivity index (χ1n) is 10.1. The molecule has 0 atom stereocenters. The van der Waals surface area contributed by atoms with Crippen LogP contribution in [-0.4, -0.2) is 5.75 Å². The lowest BCUT2D eigenvalue weighted by Crippen LogP contribution is -2.26.